The maximum Gasteiger partial charge on any atom is 0.233 e. The molecule has 0 heterocycles. The summed E-state index contributed by atoms with van der Waals surface area (Å²) < 4.78 is 0. The Balaban J connectivity index is 3.26. The third-order valence-electron chi connectivity index (χ3n) is 1.16. The zero-order valence-electron chi connectivity index (χ0n) is 6.35. The summed E-state index contributed by atoms with van der Waals surface area (Å²) in [6.07, 6.45) is 0. The summed E-state index contributed by atoms with van der Waals surface area (Å²) in [5, 5.41) is 13.8. The number of hydrogen-bond acceptors (Lipinski definition) is 3. The number of nitrogens with one attached hydrogen (secondary N) is 2. The molecule has 0 aromatic carbocycles. The van der Waals surface area contributed by atoms with Gasteiger partial charge < -0.3 is 15.7 Å². The lowest BCUT2D eigenvalue weighted by atomic mass is 10.3. The van der Waals surface area contributed by atoms with Crippen molar-refractivity contribution in [2.24, 2.45) is 0 Å². The summed E-state index contributed by atoms with van der Waals surface area (Å²) in [7, 11) is 1.58. The molecule has 0 aliphatic carbocycles. The standard InChI is InChI=1S/C6H14N2O2/c1-5(4-9)8-3-6(10)7-2/h5,8-9H,3-4H2,1-2H3,(H,7,10). The molecule has 60 valence electrons. The highest BCUT2D eigenvalue weighted by molar-refractivity contribution is 5.77. The number of hydrogen-bond donors (Lipinski definition) is 3. The van der Waals surface area contributed by atoms with Crippen LogP contribution in [0.4, 0.5) is 0 Å². The Morgan fingerprint density at radius 3 is 2.70 bits per heavy atom. The van der Waals surface area contributed by atoms with E-state index in [4.69, 9.17) is 5.11 Å². The molecule has 0 radical (unpaired) electrons. The minimum Gasteiger partial charge on any atom is -0.395 e. The van der Waals surface area contributed by atoms with Crippen molar-refractivity contribution in [2.75, 3.05) is 20.2 Å². The molecule has 0 saturated heterocycles. The minimum absolute atomic E-state index is 0.0164. The lowest BCUT2D eigenvalue weighted by molar-refractivity contribution is -0.119. The first kappa shape index (κ1) is 9.39. The predicted molar refractivity (Wildman–Crippen MR) is 38.6 cm³/mol. The first-order chi connectivity index (χ1) is 4.70. The molecule has 0 rings (SSSR count). The number of carbonyl (C=O) groups excluding carboxylic acids is 1. The van der Waals surface area contributed by atoms with Gasteiger partial charge in [-0.3, -0.25) is 4.79 Å². The van der Waals surface area contributed by atoms with Crippen LogP contribution in [0.15, 0.2) is 0 Å². The van der Waals surface area contributed by atoms with Gasteiger partial charge in [0.2, 0.25) is 5.91 Å². The Labute approximate surface area is 60.6 Å². The Bertz CT molecular complexity index is 106. The van der Waals surface area contributed by atoms with Gasteiger partial charge in [-0.05, 0) is 6.92 Å². The molecule has 0 aliphatic heterocycles. The van der Waals surface area contributed by atoms with E-state index in [-0.39, 0.29) is 25.1 Å². The zero-order chi connectivity index (χ0) is 7.98. The van der Waals surface area contributed by atoms with Gasteiger partial charge in [0, 0.05) is 13.1 Å². The molecule has 1 amide bonds. The summed E-state index contributed by atoms with van der Waals surface area (Å²) >= 11 is 0. The molecule has 0 aliphatic rings. The highest BCUT2D eigenvalue weighted by atomic mass is 16.3. The topological polar surface area (TPSA) is 61.4 Å². The van der Waals surface area contributed by atoms with Gasteiger partial charge in [0.05, 0.1) is 13.2 Å². The molecule has 3 N–H and O–H groups in total. The number of carbonyl (C=O) groups is 1. The molecule has 0 aromatic rings. The molecule has 4 nitrogen and oxygen atoms in total. The second-order valence-electron chi connectivity index (χ2n) is 2.14. The van der Waals surface area contributed by atoms with E-state index in [0.717, 1.165) is 0 Å². The zero-order valence-corrected chi connectivity index (χ0v) is 6.35. The Kier molecular flexibility index (Phi) is 4.88. The molecule has 0 aromatic heterocycles. The van der Waals surface area contributed by atoms with Crippen LogP contribution in [-0.2, 0) is 4.79 Å². The fourth-order valence-corrected chi connectivity index (χ4v) is 0.420. The Hall–Kier alpha value is -0.610. The minimum atomic E-state index is -0.0692. The third-order valence-corrected chi connectivity index (χ3v) is 1.16. The van der Waals surface area contributed by atoms with E-state index >= 15 is 0 Å². The molecule has 4 heteroatoms. The summed E-state index contributed by atoms with van der Waals surface area (Å²) in [6, 6.07) is -0.0164. The van der Waals surface area contributed by atoms with Crippen molar-refractivity contribution in [2.45, 2.75) is 13.0 Å². The van der Waals surface area contributed by atoms with E-state index in [0.29, 0.717) is 0 Å². The summed E-state index contributed by atoms with van der Waals surface area (Å²) in [5.41, 5.74) is 0. The average Bonchev–Trinajstić information content (AvgIpc) is 1.99. The van der Waals surface area contributed by atoms with Gasteiger partial charge in [0.1, 0.15) is 0 Å². The number of aliphatic hydroxyl groups is 1. The number of amides is 1. The first-order valence-corrected chi connectivity index (χ1v) is 3.25. The van der Waals surface area contributed by atoms with Crippen LogP contribution in [0.2, 0.25) is 0 Å². The summed E-state index contributed by atoms with van der Waals surface area (Å²) in [4.78, 5) is 10.6. The molecule has 0 fully saturated rings. The molecule has 1 unspecified atom stereocenters. The highest BCUT2D eigenvalue weighted by Crippen LogP contribution is 1.75. The van der Waals surface area contributed by atoms with Crippen LogP contribution < -0.4 is 10.6 Å². The maximum absolute atomic E-state index is 10.6. The van der Waals surface area contributed by atoms with Crippen molar-refractivity contribution < 1.29 is 9.90 Å². The van der Waals surface area contributed by atoms with E-state index < -0.39 is 0 Å². The van der Waals surface area contributed by atoms with E-state index in [1.807, 2.05) is 6.92 Å². The van der Waals surface area contributed by atoms with Gasteiger partial charge in [-0.1, -0.05) is 0 Å². The third kappa shape index (κ3) is 4.29. The number of likely N-dealkylation sites (N-methyl/N-ethyl adjacent to an activating group) is 1. The van der Waals surface area contributed by atoms with E-state index in [1.165, 1.54) is 0 Å². The highest BCUT2D eigenvalue weighted by Gasteiger charge is 2.00. The molecule has 0 spiro atoms. The Morgan fingerprint density at radius 2 is 2.30 bits per heavy atom. The average molecular weight is 146 g/mol. The molecular weight excluding hydrogens is 132 g/mol. The second-order valence-corrected chi connectivity index (χ2v) is 2.14. The molecule has 1 atom stereocenters. The lowest BCUT2D eigenvalue weighted by Crippen LogP contribution is -2.38. The van der Waals surface area contributed by atoms with Crippen molar-refractivity contribution in [1.82, 2.24) is 10.6 Å². The van der Waals surface area contributed by atoms with E-state index in [1.54, 1.807) is 7.05 Å². The van der Waals surface area contributed by atoms with Crippen molar-refractivity contribution in [1.29, 1.82) is 0 Å². The van der Waals surface area contributed by atoms with Crippen molar-refractivity contribution >= 4 is 5.91 Å². The number of aliphatic hydroxyl groups excluding tert-OH is 1. The molecule has 10 heavy (non-hydrogen) atoms. The maximum atomic E-state index is 10.6. The van der Waals surface area contributed by atoms with Gasteiger partial charge in [0.25, 0.3) is 0 Å². The van der Waals surface area contributed by atoms with Crippen molar-refractivity contribution in [3.8, 4) is 0 Å². The summed E-state index contributed by atoms with van der Waals surface area (Å²) in [6.45, 7) is 2.12. The monoisotopic (exact) mass is 146 g/mol. The van der Waals surface area contributed by atoms with Gasteiger partial charge in [0.15, 0.2) is 0 Å². The normalized spacial score (nSPS) is 12.7. The van der Waals surface area contributed by atoms with Crippen LogP contribution in [0.1, 0.15) is 6.92 Å². The van der Waals surface area contributed by atoms with Crippen LogP contribution in [-0.4, -0.2) is 37.3 Å². The van der Waals surface area contributed by atoms with Crippen molar-refractivity contribution in [3.63, 3.8) is 0 Å². The Morgan fingerprint density at radius 1 is 1.70 bits per heavy atom. The quantitative estimate of drug-likeness (QED) is 0.462. The van der Waals surface area contributed by atoms with Crippen molar-refractivity contribution in [3.05, 3.63) is 0 Å². The van der Waals surface area contributed by atoms with Crippen LogP contribution in [0.3, 0.4) is 0 Å². The van der Waals surface area contributed by atoms with E-state index in [2.05, 4.69) is 10.6 Å². The van der Waals surface area contributed by atoms with Crippen LogP contribution in [0.5, 0.6) is 0 Å². The lowest BCUT2D eigenvalue weighted by Gasteiger charge is -2.08. The summed E-state index contributed by atoms with van der Waals surface area (Å²) in [5.74, 6) is -0.0692. The molecule has 0 saturated carbocycles. The second kappa shape index (κ2) is 5.20. The fraction of sp³-hybridized carbons (Fsp3) is 0.833. The predicted octanol–water partition coefficient (Wildman–Crippen LogP) is -1.30. The van der Waals surface area contributed by atoms with Gasteiger partial charge >= 0.3 is 0 Å². The largest absolute Gasteiger partial charge is 0.395 e. The SMILES string of the molecule is CNC(=O)CNC(C)CO. The smallest absolute Gasteiger partial charge is 0.233 e. The van der Waals surface area contributed by atoms with E-state index in [9.17, 15) is 4.79 Å². The fourth-order valence-electron chi connectivity index (χ4n) is 0.420. The molecule has 0 bridgehead atoms. The first-order valence-electron chi connectivity index (χ1n) is 3.25. The van der Waals surface area contributed by atoms with Crippen LogP contribution >= 0.6 is 0 Å². The van der Waals surface area contributed by atoms with Gasteiger partial charge in [-0.2, -0.15) is 0 Å². The van der Waals surface area contributed by atoms with Gasteiger partial charge in [-0.15, -0.1) is 0 Å². The van der Waals surface area contributed by atoms with Crippen LogP contribution in [0, 0.1) is 0 Å². The van der Waals surface area contributed by atoms with Crippen LogP contribution in [0.25, 0.3) is 0 Å². The van der Waals surface area contributed by atoms with Gasteiger partial charge in [-0.25, -0.2) is 0 Å². The molecular formula is C6H14N2O2. The number of rotatable bonds is 4.